The number of nitrogens with one attached hydrogen (secondary N) is 2. The zero-order valence-electron chi connectivity index (χ0n) is 37.7. The Labute approximate surface area is 410 Å². The van der Waals surface area contributed by atoms with Gasteiger partial charge < -0.3 is 10.6 Å². The number of imide groups is 2. The number of anilines is 4. The van der Waals surface area contributed by atoms with Crippen LogP contribution in [0.2, 0.25) is 0 Å². The van der Waals surface area contributed by atoms with Crippen LogP contribution in [0.5, 0.6) is 0 Å². The van der Waals surface area contributed by atoms with Crippen molar-refractivity contribution >= 4 is 92.8 Å². The third-order valence-corrected chi connectivity index (χ3v) is 11.6. The first kappa shape index (κ1) is 45.4. The summed E-state index contributed by atoms with van der Waals surface area (Å²) in [5.74, 6) is -3.65. The Morgan fingerprint density at radius 2 is 0.792 bits per heavy atom. The first-order chi connectivity index (χ1) is 35.1. The lowest BCUT2D eigenvalue weighted by molar-refractivity contribution is 0.0910. The van der Waals surface area contributed by atoms with Gasteiger partial charge in [-0.05, 0) is 145 Å². The number of amides is 6. The second kappa shape index (κ2) is 19.7. The standard InChI is InChI=1S/C57H36N8O7/c66-51(36-10-8-16-44(32-36)59-53(68)38-19-29-48-50(34-38)57(72)65(55(48)70)46-26-22-42(23-27-46)63-61-40-13-5-2-6-14-40)30-17-35-9-7-15-43(31-35)58-52(67)37-18-28-47-49(33-37)56(71)64(54(47)69)45-24-20-41(21-25-45)62-60-39-11-3-1-4-12-39/h1-34H,(H,58,67)(H,59,68). The summed E-state index contributed by atoms with van der Waals surface area (Å²) in [4.78, 5) is 96.1. The van der Waals surface area contributed by atoms with E-state index in [1.54, 1.807) is 97.1 Å². The van der Waals surface area contributed by atoms with Crippen molar-refractivity contribution in [2.45, 2.75) is 0 Å². The molecule has 8 aromatic rings. The van der Waals surface area contributed by atoms with Gasteiger partial charge in [-0.15, -0.1) is 0 Å². The third kappa shape index (κ3) is 9.52. The van der Waals surface area contributed by atoms with Crippen LogP contribution >= 0.6 is 0 Å². The Morgan fingerprint density at radius 3 is 1.26 bits per heavy atom. The Morgan fingerprint density at radius 1 is 0.375 bits per heavy atom. The number of fused-ring (bicyclic) bond motifs is 2. The normalized spacial score (nSPS) is 13.1. The average molecular weight is 945 g/mol. The van der Waals surface area contributed by atoms with Crippen LogP contribution in [0.15, 0.2) is 221 Å². The highest BCUT2D eigenvalue weighted by molar-refractivity contribution is 6.36. The van der Waals surface area contributed by atoms with Gasteiger partial charge in [0, 0.05) is 28.1 Å². The lowest BCUT2D eigenvalue weighted by atomic mass is 10.0. The number of rotatable bonds is 13. The monoisotopic (exact) mass is 944 g/mol. The van der Waals surface area contributed by atoms with Crippen molar-refractivity contribution in [2.75, 3.05) is 20.4 Å². The van der Waals surface area contributed by atoms with Crippen molar-refractivity contribution in [1.82, 2.24) is 0 Å². The SMILES string of the molecule is O=C(C=Cc1cccc(NC(=O)c2ccc3c(c2)C(=O)N(c2ccc(N=Nc4ccccc4)cc2)C3=O)c1)c1cccc(NC(=O)c2ccc3c(c2)C(=O)N(c2ccc(N=Nc4ccccc4)cc2)C3=O)c1. The van der Waals surface area contributed by atoms with Crippen molar-refractivity contribution < 1.29 is 33.6 Å². The molecule has 0 aromatic heterocycles. The summed E-state index contributed by atoms with van der Waals surface area (Å²) in [5, 5.41) is 22.4. The van der Waals surface area contributed by atoms with Crippen molar-refractivity contribution in [3.63, 3.8) is 0 Å². The highest BCUT2D eigenvalue weighted by Crippen LogP contribution is 2.33. The third-order valence-electron chi connectivity index (χ3n) is 11.6. The number of benzene rings is 8. The molecule has 0 fully saturated rings. The number of allylic oxidation sites excluding steroid dienone is 1. The van der Waals surface area contributed by atoms with Crippen LogP contribution < -0.4 is 20.4 Å². The quantitative estimate of drug-likeness (QED) is 0.0495. The molecule has 2 aliphatic heterocycles. The highest BCUT2D eigenvalue weighted by Gasteiger charge is 2.38. The van der Waals surface area contributed by atoms with Crippen molar-refractivity contribution in [2.24, 2.45) is 20.5 Å². The van der Waals surface area contributed by atoms with E-state index in [-0.39, 0.29) is 44.7 Å². The van der Waals surface area contributed by atoms with Crippen molar-refractivity contribution in [3.05, 3.63) is 245 Å². The topological polar surface area (TPSA) is 199 Å². The maximum Gasteiger partial charge on any atom is 0.266 e. The molecule has 0 spiro atoms. The maximum atomic E-state index is 13.5. The molecule has 2 N–H and O–H groups in total. The van der Waals surface area contributed by atoms with Crippen molar-refractivity contribution in [3.8, 4) is 0 Å². The minimum absolute atomic E-state index is 0.0747. The van der Waals surface area contributed by atoms with E-state index in [0.29, 0.717) is 51.1 Å². The van der Waals surface area contributed by atoms with E-state index in [1.165, 1.54) is 48.5 Å². The number of hydrogen-bond donors (Lipinski definition) is 2. The lowest BCUT2D eigenvalue weighted by Gasteiger charge is -2.13. The fourth-order valence-electron chi connectivity index (χ4n) is 7.94. The molecule has 0 radical (unpaired) electrons. The molecular weight excluding hydrogens is 909 g/mol. The maximum absolute atomic E-state index is 13.5. The van der Waals surface area contributed by atoms with E-state index in [1.807, 2.05) is 60.7 Å². The second-order valence-corrected chi connectivity index (χ2v) is 16.3. The molecule has 2 aliphatic rings. The zero-order valence-corrected chi connectivity index (χ0v) is 37.7. The van der Waals surface area contributed by atoms with Crippen LogP contribution in [0, 0.1) is 0 Å². The van der Waals surface area contributed by atoms with Crippen LogP contribution in [0.4, 0.5) is 45.5 Å². The second-order valence-electron chi connectivity index (χ2n) is 16.3. The molecule has 6 amide bonds. The molecule has 2 heterocycles. The number of nitrogens with zero attached hydrogens (tertiary/aromatic N) is 6. The first-order valence-electron chi connectivity index (χ1n) is 22.3. The molecule has 0 saturated carbocycles. The van der Waals surface area contributed by atoms with Crippen molar-refractivity contribution in [1.29, 1.82) is 0 Å². The molecular formula is C57H36N8O7. The Balaban J connectivity index is 0.748. The summed E-state index contributed by atoms with van der Waals surface area (Å²) >= 11 is 0. The van der Waals surface area contributed by atoms with Gasteiger partial charge in [-0.2, -0.15) is 20.5 Å². The van der Waals surface area contributed by atoms with Crippen LogP contribution in [-0.2, 0) is 0 Å². The molecule has 346 valence electrons. The highest BCUT2D eigenvalue weighted by atomic mass is 16.2. The Hall–Kier alpha value is -10.4. The van der Waals surface area contributed by atoms with Crippen LogP contribution in [-0.4, -0.2) is 41.2 Å². The first-order valence-corrected chi connectivity index (χ1v) is 22.3. The van der Waals surface area contributed by atoms with E-state index in [0.717, 1.165) is 9.80 Å². The van der Waals surface area contributed by atoms with Gasteiger partial charge in [-0.1, -0.05) is 66.7 Å². The molecule has 0 aliphatic carbocycles. The smallest absolute Gasteiger partial charge is 0.266 e. The number of azo groups is 2. The summed E-state index contributed by atoms with van der Waals surface area (Å²) in [6, 6.07) is 53.1. The summed E-state index contributed by atoms with van der Waals surface area (Å²) in [7, 11) is 0. The van der Waals surface area contributed by atoms with Gasteiger partial charge >= 0.3 is 0 Å². The molecule has 10 rings (SSSR count). The average Bonchev–Trinajstić information content (AvgIpc) is 3.82. The minimum atomic E-state index is -0.582. The molecule has 0 bridgehead atoms. The van der Waals surface area contributed by atoms with E-state index in [9.17, 15) is 33.6 Å². The van der Waals surface area contributed by atoms with Gasteiger partial charge in [0.15, 0.2) is 5.78 Å². The van der Waals surface area contributed by atoms with Crippen LogP contribution in [0.3, 0.4) is 0 Å². The van der Waals surface area contributed by atoms with Crippen LogP contribution in [0.1, 0.15) is 78.1 Å². The van der Waals surface area contributed by atoms with E-state index >= 15 is 0 Å². The molecule has 15 nitrogen and oxygen atoms in total. The number of ketones is 1. The number of hydrogen-bond acceptors (Lipinski definition) is 11. The summed E-state index contributed by atoms with van der Waals surface area (Å²) in [6.45, 7) is 0. The van der Waals surface area contributed by atoms with E-state index < -0.39 is 35.4 Å². The van der Waals surface area contributed by atoms with Gasteiger partial charge in [0.05, 0.1) is 56.4 Å². The van der Waals surface area contributed by atoms with E-state index in [2.05, 4.69) is 31.1 Å². The molecule has 0 atom stereocenters. The molecule has 8 aromatic carbocycles. The van der Waals surface area contributed by atoms with Gasteiger partial charge in [0.1, 0.15) is 0 Å². The predicted octanol–water partition coefficient (Wildman–Crippen LogP) is 12.5. The number of carbonyl (C=O) groups excluding carboxylic acids is 7. The summed E-state index contributed by atoms with van der Waals surface area (Å²) in [6.07, 6.45) is 2.93. The fourth-order valence-corrected chi connectivity index (χ4v) is 7.94. The lowest BCUT2D eigenvalue weighted by Crippen LogP contribution is -2.29. The molecule has 72 heavy (non-hydrogen) atoms. The number of carbonyl (C=O) groups is 7. The van der Waals surface area contributed by atoms with Gasteiger partial charge in [0.2, 0.25) is 0 Å². The Kier molecular flexibility index (Phi) is 12.4. The van der Waals surface area contributed by atoms with Gasteiger partial charge in [-0.25, -0.2) is 9.80 Å². The Bertz CT molecular complexity index is 3610. The van der Waals surface area contributed by atoms with E-state index in [4.69, 9.17) is 0 Å². The zero-order chi connectivity index (χ0) is 49.7. The largest absolute Gasteiger partial charge is 0.322 e. The van der Waals surface area contributed by atoms with Gasteiger partial charge in [-0.3, -0.25) is 33.6 Å². The van der Waals surface area contributed by atoms with Gasteiger partial charge in [0.25, 0.3) is 35.4 Å². The predicted molar refractivity (Wildman–Crippen MR) is 271 cm³/mol. The molecule has 15 heteroatoms. The molecule has 0 unspecified atom stereocenters. The summed E-state index contributed by atoms with van der Waals surface area (Å²) in [5.41, 5.74) is 5.47. The molecule has 0 saturated heterocycles. The fraction of sp³-hybridized carbons (Fsp3) is 0. The van der Waals surface area contributed by atoms with Crippen LogP contribution in [0.25, 0.3) is 6.08 Å². The summed E-state index contributed by atoms with van der Waals surface area (Å²) < 4.78 is 0. The minimum Gasteiger partial charge on any atom is -0.322 e.